The van der Waals surface area contributed by atoms with Gasteiger partial charge in [-0.05, 0) is 24.8 Å². The zero-order valence-electron chi connectivity index (χ0n) is 9.01. The summed E-state index contributed by atoms with van der Waals surface area (Å²) in [5.74, 6) is -0.887. The van der Waals surface area contributed by atoms with Gasteiger partial charge in [0.1, 0.15) is 0 Å². The lowest BCUT2D eigenvalue weighted by Gasteiger charge is -2.27. The highest BCUT2D eigenvalue weighted by molar-refractivity contribution is 5.87. The van der Waals surface area contributed by atoms with Gasteiger partial charge in [0.25, 0.3) is 0 Å². The molecule has 1 atom stereocenters. The van der Waals surface area contributed by atoms with E-state index in [2.05, 4.69) is 0 Å². The topological polar surface area (TPSA) is 63.3 Å². The number of hydrogen-bond donors (Lipinski definition) is 2. The van der Waals surface area contributed by atoms with Crippen molar-refractivity contribution < 1.29 is 9.90 Å². The number of carbonyl (C=O) groups is 1. The molecule has 0 fully saturated rings. The molecule has 3 N–H and O–H groups in total. The first-order valence-electron chi connectivity index (χ1n) is 4.38. The fourth-order valence-electron chi connectivity index (χ4n) is 1.70. The Labute approximate surface area is 79.6 Å². The number of aliphatic carboxylic acids is 1. The molecule has 3 nitrogen and oxygen atoms in total. The Balaban J connectivity index is 5.26. The lowest BCUT2D eigenvalue weighted by molar-refractivity contribution is -0.132. The Hall–Kier alpha value is -0.830. The molecular weight excluding hydrogens is 166 g/mol. The second-order valence-corrected chi connectivity index (χ2v) is 4.38. The second-order valence-electron chi connectivity index (χ2n) is 4.38. The van der Waals surface area contributed by atoms with Gasteiger partial charge in [-0.1, -0.05) is 20.8 Å². The van der Waals surface area contributed by atoms with Crippen LogP contribution in [0.15, 0.2) is 11.1 Å². The van der Waals surface area contributed by atoms with Crippen LogP contribution in [0.25, 0.3) is 0 Å². The summed E-state index contributed by atoms with van der Waals surface area (Å²) >= 11 is 0. The molecule has 0 saturated heterocycles. The molecule has 0 radical (unpaired) electrons. The summed E-state index contributed by atoms with van der Waals surface area (Å²) in [7, 11) is 0. The normalized spacial score (nSPS) is 16.5. The van der Waals surface area contributed by atoms with Gasteiger partial charge in [0.15, 0.2) is 0 Å². The molecule has 0 aliphatic heterocycles. The summed E-state index contributed by atoms with van der Waals surface area (Å²) in [6, 6.07) is -0.212. The predicted molar refractivity (Wildman–Crippen MR) is 53.4 cm³/mol. The molecule has 0 amide bonds. The molecule has 0 aromatic rings. The molecule has 0 bridgehead atoms. The number of carboxylic acids is 1. The van der Waals surface area contributed by atoms with Crippen LogP contribution in [0.4, 0.5) is 0 Å². The largest absolute Gasteiger partial charge is 0.478 e. The van der Waals surface area contributed by atoms with Crippen LogP contribution in [-0.4, -0.2) is 17.1 Å². The van der Waals surface area contributed by atoms with E-state index in [1.807, 2.05) is 27.7 Å². The summed E-state index contributed by atoms with van der Waals surface area (Å²) in [4.78, 5) is 10.8. The molecule has 0 aromatic heterocycles. The van der Waals surface area contributed by atoms with E-state index in [1.165, 1.54) is 0 Å². The minimum absolute atomic E-state index is 0.184. The van der Waals surface area contributed by atoms with E-state index in [1.54, 1.807) is 6.92 Å². The van der Waals surface area contributed by atoms with E-state index >= 15 is 0 Å². The quantitative estimate of drug-likeness (QED) is 0.644. The Bertz CT molecular complexity index is 234. The number of carboxylic acid groups (broad SMARTS) is 1. The monoisotopic (exact) mass is 185 g/mol. The Kier molecular flexibility index (Phi) is 3.67. The van der Waals surface area contributed by atoms with Gasteiger partial charge in [0.05, 0.1) is 0 Å². The van der Waals surface area contributed by atoms with E-state index in [0.29, 0.717) is 5.57 Å². The molecule has 1 unspecified atom stereocenters. The Morgan fingerprint density at radius 2 is 1.77 bits per heavy atom. The fourth-order valence-corrected chi connectivity index (χ4v) is 1.70. The van der Waals surface area contributed by atoms with Gasteiger partial charge in [-0.2, -0.15) is 0 Å². The lowest BCUT2D eigenvalue weighted by Crippen LogP contribution is -2.29. The van der Waals surface area contributed by atoms with Crippen LogP contribution in [0.3, 0.4) is 0 Å². The van der Waals surface area contributed by atoms with Gasteiger partial charge in [-0.25, -0.2) is 4.79 Å². The lowest BCUT2D eigenvalue weighted by atomic mass is 9.80. The first-order valence-corrected chi connectivity index (χ1v) is 4.38. The van der Waals surface area contributed by atoms with E-state index < -0.39 is 5.97 Å². The number of nitrogens with two attached hydrogens (primary N) is 1. The van der Waals surface area contributed by atoms with Crippen molar-refractivity contribution in [3.8, 4) is 0 Å². The Morgan fingerprint density at radius 1 is 1.38 bits per heavy atom. The highest BCUT2D eigenvalue weighted by Gasteiger charge is 2.24. The first-order chi connectivity index (χ1) is 5.68. The van der Waals surface area contributed by atoms with Crippen molar-refractivity contribution in [2.24, 2.45) is 11.1 Å². The molecular formula is C10H19NO2. The van der Waals surface area contributed by atoms with E-state index in [9.17, 15) is 4.79 Å². The molecule has 13 heavy (non-hydrogen) atoms. The molecule has 3 heteroatoms. The molecule has 76 valence electrons. The SMILES string of the molecule is CC(C(=O)O)=C(C(C)N)C(C)(C)C. The van der Waals surface area contributed by atoms with E-state index in [-0.39, 0.29) is 11.5 Å². The van der Waals surface area contributed by atoms with Crippen molar-refractivity contribution in [1.82, 2.24) is 0 Å². The maximum Gasteiger partial charge on any atom is 0.331 e. The molecule has 0 aromatic carbocycles. The summed E-state index contributed by atoms with van der Waals surface area (Å²) in [5, 5.41) is 8.85. The maximum absolute atomic E-state index is 10.8. The zero-order chi connectivity index (χ0) is 10.8. The van der Waals surface area contributed by atoms with Gasteiger partial charge in [-0.3, -0.25) is 0 Å². The molecule has 0 aliphatic carbocycles. The first kappa shape index (κ1) is 12.2. The standard InChI is InChI=1S/C10H19NO2/c1-6(9(12)13)8(7(2)11)10(3,4)5/h7H,11H2,1-5H3,(H,12,13). The van der Waals surface area contributed by atoms with Crippen LogP contribution >= 0.6 is 0 Å². The van der Waals surface area contributed by atoms with Crippen LogP contribution < -0.4 is 5.73 Å². The third-order valence-corrected chi connectivity index (χ3v) is 1.99. The Morgan fingerprint density at radius 3 is 1.85 bits per heavy atom. The summed E-state index contributed by atoms with van der Waals surface area (Å²) in [6.45, 7) is 9.33. The smallest absolute Gasteiger partial charge is 0.331 e. The van der Waals surface area contributed by atoms with Gasteiger partial charge < -0.3 is 10.8 Å². The number of hydrogen-bond acceptors (Lipinski definition) is 2. The average Bonchev–Trinajstić information content (AvgIpc) is 1.82. The van der Waals surface area contributed by atoms with Crippen LogP contribution in [0, 0.1) is 5.41 Å². The highest BCUT2D eigenvalue weighted by Crippen LogP contribution is 2.29. The number of rotatable bonds is 2. The summed E-state index contributed by atoms with van der Waals surface area (Å²) < 4.78 is 0. The average molecular weight is 185 g/mol. The third kappa shape index (κ3) is 3.19. The molecule has 0 rings (SSSR count). The summed E-state index contributed by atoms with van der Waals surface area (Å²) in [5.41, 5.74) is 6.73. The zero-order valence-corrected chi connectivity index (χ0v) is 9.01. The third-order valence-electron chi connectivity index (χ3n) is 1.99. The van der Waals surface area contributed by atoms with Crippen molar-refractivity contribution in [2.75, 3.05) is 0 Å². The molecule has 0 aliphatic rings. The van der Waals surface area contributed by atoms with Crippen molar-refractivity contribution >= 4 is 5.97 Å². The van der Waals surface area contributed by atoms with E-state index in [4.69, 9.17) is 10.8 Å². The fraction of sp³-hybridized carbons (Fsp3) is 0.700. The maximum atomic E-state index is 10.8. The van der Waals surface area contributed by atoms with Crippen molar-refractivity contribution in [3.63, 3.8) is 0 Å². The minimum Gasteiger partial charge on any atom is -0.478 e. The van der Waals surface area contributed by atoms with Crippen molar-refractivity contribution in [2.45, 2.75) is 40.7 Å². The van der Waals surface area contributed by atoms with Gasteiger partial charge in [-0.15, -0.1) is 0 Å². The molecule has 0 spiro atoms. The van der Waals surface area contributed by atoms with Gasteiger partial charge in [0.2, 0.25) is 0 Å². The van der Waals surface area contributed by atoms with Crippen LogP contribution in [0.1, 0.15) is 34.6 Å². The second kappa shape index (κ2) is 3.92. The van der Waals surface area contributed by atoms with Crippen LogP contribution in [0.2, 0.25) is 0 Å². The van der Waals surface area contributed by atoms with Crippen LogP contribution in [0.5, 0.6) is 0 Å². The van der Waals surface area contributed by atoms with Crippen molar-refractivity contribution in [1.29, 1.82) is 0 Å². The highest BCUT2D eigenvalue weighted by atomic mass is 16.4. The van der Waals surface area contributed by atoms with E-state index in [0.717, 1.165) is 5.57 Å². The van der Waals surface area contributed by atoms with Crippen molar-refractivity contribution in [3.05, 3.63) is 11.1 Å². The summed E-state index contributed by atoms with van der Waals surface area (Å²) in [6.07, 6.45) is 0. The minimum atomic E-state index is -0.887. The van der Waals surface area contributed by atoms with Gasteiger partial charge in [0, 0.05) is 11.6 Å². The molecule has 0 heterocycles. The molecule has 0 saturated carbocycles. The van der Waals surface area contributed by atoms with Crippen LogP contribution in [-0.2, 0) is 4.79 Å². The predicted octanol–water partition coefficient (Wildman–Crippen LogP) is 1.78. The van der Waals surface area contributed by atoms with Gasteiger partial charge >= 0.3 is 5.97 Å².